The molecule has 0 aliphatic heterocycles. The third-order valence-electron chi connectivity index (χ3n) is 4.31. The normalized spacial score (nSPS) is 17.2. The van der Waals surface area contributed by atoms with Crippen molar-refractivity contribution in [2.24, 2.45) is 5.92 Å². The summed E-state index contributed by atoms with van der Waals surface area (Å²) in [5.41, 5.74) is 2.84. The number of hydrogen-bond donors (Lipinski definition) is 1. The molecule has 1 fully saturated rings. The lowest BCUT2D eigenvalue weighted by atomic mass is 9.83. The van der Waals surface area contributed by atoms with Gasteiger partial charge in [-0.3, -0.25) is 0 Å². The molecule has 1 aromatic carbocycles. The van der Waals surface area contributed by atoms with Crippen LogP contribution in [0.2, 0.25) is 0 Å². The molecule has 2 heteroatoms. The van der Waals surface area contributed by atoms with Crippen LogP contribution in [-0.2, 0) is 0 Å². The monoisotopic (exact) mass is 287 g/mol. The van der Waals surface area contributed by atoms with Crippen LogP contribution >= 0.6 is 0 Å². The summed E-state index contributed by atoms with van der Waals surface area (Å²) >= 11 is 0. The Morgan fingerprint density at radius 2 is 1.86 bits per heavy atom. The molecule has 0 heterocycles. The van der Waals surface area contributed by atoms with Crippen LogP contribution in [0.5, 0.6) is 5.75 Å². The van der Waals surface area contributed by atoms with E-state index in [0.717, 1.165) is 18.2 Å². The van der Waals surface area contributed by atoms with Gasteiger partial charge in [0.25, 0.3) is 0 Å². The second kappa shape index (κ2) is 8.23. The Hall–Kier alpha value is -1.28. The van der Waals surface area contributed by atoms with Gasteiger partial charge < -0.3 is 10.1 Å². The number of benzene rings is 1. The zero-order valence-corrected chi connectivity index (χ0v) is 13.7. The molecule has 1 saturated carbocycles. The molecule has 0 bridgehead atoms. The molecule has 0 spiro atoms. The standard InChI is InChI=1S/C19H29NO/c1-15(2)20-14-18(17-7-5-4-6-8-17)13-16-9-11-19(21-3)12-10-16/h9-13,15,17,20H,4-8,14H2,1-3H3/b18-13-. The highest BCUT2D eigenvalue weighted by atomic mass is 16.5. The van der Waals surface area contributed by atoms with E-state index in [4.69, 9.17) is 4.74 Å². The maximum Gasteiger partial charge on any atom is 0.118 e. The summed E-state index contributed by atoms with van der Waals surface area (Å²) in [5, 5.41) is 3.59. The lowest BCUT2D eigenvalue weighted by molar-refractivity contribution is 0.394. The second-order valence-electron chi connectivity index (χ2n) is 6.36. The van der Waals surface area contributed by atoms with Gasteiger partial charge in [-0.15, -0.1) is 0 Å². The maximum atomic E-state index is 5.24. The minimum Gasteiger partial charge on any atom is -0.497 e. The fourth-order valence-electron chi connectivity index (χ4n) is 3.02. The van der Waals surface area contributed by atoms with Crippen LogP contribution < -0.4 is 10.1 Å². The fraction of sp³-hybridized carbons (Fsp3) is 0.579. The number of ether oxygens (including phenoxy) is 1. The first-order chi connectivity index (χ1) is 10.2. The minimum absolute atomic E-state index is 0.535. The quantitative estimate of drug-likeness (QED) is 0.822. The highest BCUT2D eigenvalue weighted by Crippen LogP contribution is 2.30. The predicted molar refractivity (Wildman–Crippen MR) is 90.7 cm³/mol. The third kappa shape index (κ3) is 5.20. The molecule has 1 aromatic rings. The van der Waals surface area contributed by atoms with Crippen LogP contribution in [0, 0.1) is 5.92 Å². The van der Waals surface area contributed by atoms with Gasteiger partial charge in [0.15, 0.2) is 0 Å². The van der Waals surface area contributed by atoms with Crippen molar-refractivity contribution < 1.29 is 4.74 Å². The van der Waals surface area contributed by atoms with E-state index in [2.05, 4.69) is 37.4 Å². The first-order valence-electron chi connectivity index (χ1n) is 8.27. The molecule has 1 aliphatic carbocycles. The topological polar surface area (TPSA) is 21.3 Å². The van der Waals surface area contributed by atoms with Crippen LogP contribution in [-0.4, -0.2) is 19.7 Å². The molecule has 1 aliphatic rings. The Morgan fingerprint density at radius 3 is 2.43 bits per heavy atom. The molecule has 1 N–H and O–H groups in total. The van der Waals surface area contributed by atoms with Crippen molar-refractivity contribution >= 4 is 6.08 Å². The van der Waals surface area contributed by atoms with E-state index in [9.17, 15) is 0 Å². The van der Waals surface area contributed by atoms with Crippen LogP contribution in [0.15, 0.2) is 29.8 Å². The van der Waals surface area contributed by atoms with E-state index in [1.165, 1.54) is 37.7 Å². The van der Waals surface area contributed by atoms with E-state index in [-0.39, 0.29) is 0 Å². The molecule has 0 amide bonds. The van der Waals surface area contributed by atoms with Crippen LogP contribution in [0.4, 0.5) is 0 Å². The van der Waals surface area contributed by atoms with Crippen LogP contribution in [0.3, 0.4) is 0 Å². The molecule has 0 aromatic heterocycles. The Bertz CT molecular complexity index is 441. The SMILES string of the molecule is COc1ccc(/C=C(/CNC(C)C)C2CCCCC2)cc1. The van der Waals surface area contributed by atoms with Crippen molar-refractivity contribution in [3.8, 4) is 5.75 Å². The average molecular weight is 287 g/mol. The molecule has 0 radical (unpaired) electrons. The van der Waals surface area contributed by atoms with E-state index in [0.29, 0.717) is 6.04 Å². The van der Waals surface area contributed by atoms with E-state index >= 15 is 0 Å². The van der Waals surface area contributed by atoms with Gasteiger partial charge in [-0.2, -0.15) is 0 Å². The first kappa shape index (κ1) is 16.1. The van der Waals surface area contributed by atoms with Crippen LogP contribution in [0.1, 0.15) is 51.5 Å². The molecular formula is C19H29NO. The van der Waals surface area contributed by atoms with Gasteiger partial charge in [-0.1, -0.05) is 56.9 Å². The Morgan fingerprint density at radius 1 is 1.19 bits per heavy atom. The first-order valence-corrected chi connectivity index (χ1v) is 8.27. The number of hydrogen-bond acceptors (Lipinski definition) is 2. The van der Waals surface area contributed by atoms with Crippen molar-refractivity contribution in [1.82, 2.24) is 5.32 Å². The van der Waals surface area contributed by atoms with Gasteiger partial charge in [-0.05, 0) is 36.5 Å². The van der Waals surface area contributed by atoms with Gasteiger partial charge in [0.2, 0.25) is 0 Å². The summed E-state index contributed by atoms with van der Waals surface area (Å²) in [6, 6.07) is 8.92. The van der Waals surface area contributed by atoms with E-state index in [1.807, 2.05) is 12.1 Å². The Labute approximate surface area is 129 Å². The summed E-state index contributed by atoms with van der Waals surface area (Å²) < 4.78 is 5.24. The zero-order valence-electron chi connectivity index (χ0n) is 13.7. The number of rotatable bonds is 6. The smallest absolute Gasteiger partial charge is 0.118 e. The Balaban J connectivity index is 2.12. The van der Waals surface area contributed by atoms with Crippen LogP contribution in [0.25, 0.3) is 6.08 Å². The molecule has 2 rings (SSSR count). The van der Waals surface area contributed by atoms with Crippen molar-refractivity contribution in [1.29, 1.82) is 0 Å². The second-order valence-corrected chi connectivity index (χ2v) is 6.36. The van der Waals surface area contributed by atoms with Crippen molar-refractivity contribution in [3.05, 3.63) is 35.4 Å². The third-order valence-corrected chi connectivity index (χ3v) is 4.31. The van der Waals surface area contributed by atoms with Gasteiger partial charge in [0, 0.05) is 12.6 Å². The fourth-order valence-corrected chi connectivity index (χ4v) is 3.02. The van der Waals surface area contributed by atoms with Crippen molar-refractivity contribution in [2.75, 3.05) is 13.7 Å². The van der Waals surface area contributed by atoms with Gasteiger partial charge >= 0.3 is 0 Å². The highest BCUT2D eigenvalue weighted by Gasteiger charge is 2.17. The van der Waals surface area contributed by atoms with E-state index < -0.39 is 0 Å². The molecule has 0 atom stereocenters. The van der Waals surface area contributed by atoms with Gasteiger partial charge in [-0.25, -0.2) is 0 Å². The lowest BCUT2D eigenvalue weighted by Crippen LogP contribution is -2.27. The highest BCUT2D eigenvalue weighted by molar-refractivity contribution is 5.55. The summed E-state index contributed by atoms with van der Waals surface area (Å²) in [6.45, 7) is 5.44. The number of methoxy groups -OCH3 is 1. The molecular weight excluding hydrogens is 258 g/mol. The zero-order chi connectivity index (χ0) is 15.1. The summed E-state index contributed by atoms with van der Waals surface area (Å²) in [7, 11) is 1.71. The largest absolute Gasteiger partial charge is 0.497 e. The molecule has 0 saturated heterocycles. The molecule has 0 unspecified atom stereocenters. The molecule has 21 heavy (non-hydrogen) atoms. The minimum atomic E-state index is 0.535. The summed E-state index contributed by atoms with van der Waals surface area (Å²) in [6.07, 6.45) is 9.25. The van der Waals surface area contributed by atoms with E-state index in [1.54, 1.807) is 12.7 Å². The van der Waals surface area contributed by atoms with Crippen molar-refractivity contribution in [3.63, 3.8) is 0 Å². The molecule has 2 nitrogen and oxygen atoms in total. The summed E-state index contributed by atoms with van der Waals surface area (Å²) in [4.78, 5) is 0. The van der Waals surface area contributed by atoms with Gasteiger partial charge in [0.05, 0.1) is 7.11 Å². The lowest BCUT2D eigenvalue weighted by Gasteiger charge is -2.25. The average Bonchev–Trinajstić information content (AvgIpc) is 2.52. The summed E-state index contributed by atoms with van der Waals surface area (Å²) in [5.74, 6) is 1.68. The number of nitrogens with one attached hydrogen (secondary N) is 1. The molecule has 116 valence electrons. The predicted octanol–water partition coefficient (Wildman–Crippen LogP) is 4.66. The maximum absolute atomic E-state index is 5.24. The Kier molecular flexibility index (Phi) is 6.31. The van der Waals surface area contributed by atoms with Gasteiger partial charge in [0.1, 0.15) is 5.75 Å². The van der Waals surface area contributed by atoms with Crippen molar-refractivity contribution in [2.45, 2.75) is 52.0 Å².